The van der Waals surface area contributed by atoms with Gasteiger partial charge in [-0.15, -0.1) is 0 Å². The van der Waals surface area contributed by atoms with Gasteiger partial charge in [-0.1, -0.05) is 19.9 Å². The Bertz CT molecular complexity index is 502. The van der Waals surface area contributed by atoms with Crippen LogP contribution < -0.4 is 11.1 Å². The molecule has 3 N–H and O–H groups in total. The summed E-state index contributed by atoms with van der Waals surface area (Å²) in [6.45, 7) is 5.70. The van der Waals surface area contributed by atoms with Gasteiger partial charge >= 0.3 is 0 Å². The lowest BCUT2D eigenvalue weighted by Crippen LogP contribution is -2.41. The summed E-state index contributed by atoms with van der Waals surface area (Å²) < 4.78 is 0. The topological polar surface area (TPSA) is 98.3 Å². The van der Waals surface area contributed by atoms with E-state index < -0.39 is 10.3 Å². The number of nitrogens with two attached hydrogens (primary N) is 1. The number of nitro benzene ring substituents is 1. The van der Waals surface area contributed by atoms with Gasteiger partial charge in [-0.05, 0) is 25.8 Å². The summed E-state index contributed by atoms with van der Waals surface area (Å²) in [4.78, 5) is 22.8. The van der Waals surface area contributed by atoms with Crippen LogP contribution in [0.5, 0.6) is 0 Å². The number of nitro groups is 1. The van der Waals surface area contributed by atoms with Crippen LogP contribution in [0, 0.1) is 22.5 Å². The molecule has 6 nitrogen and oxygen atoms in total. The van der Waals surface area contributed by atoms with E-state index >= 15 is 0 Å². The molecular formula is C14H21N3O3. The number of nitrogens with zero attached hydrogens (tertiary/aromatic N) is 1. The van der Waals surface area contributed by atoms with Crippen LogP contribution >= 0.6 is 0 Å². The van der Waals surface area contributed by atoms with Crippen molar-refractivity contribution in [1.82, 2.24) is 0 Å². The van der Waals surface area contributed by atoms with Gasteiger partial charge in [0.2, 0.25) is 5.91 Å². The summed E-state index contributed by atoms with van der Waals surface area (Å²) in [6, 6.07) is 4.64. The molecule has 0 radical (unpaired) electrons. The van der Waals surface area contributed by atoms with Crippen molar-refractivity contribution in [3.05, 3.63) is 33.9 Å². The van der Waals surface area contributed by atoms with Crippen molar-refractivity contribution in [2.45, 2.75) is 33.6 Å². The number of nitrogens with one attached hydrogen (secondary N) is 1. The van der Waals surface area contributed by atoms with Crippen LogP contribution in [0.3, 0.4) is 0 Å². The third-order valence-corrected chi connectivity index (χ3v) is 3.98. The third-order valence-electron chi connectivity index (χ3n) is 3.98. The first kappa shape index (κ1) is 16.1. The fraction of sp³-hybridized carbons (Fsp3) is 0.500. The molecule has 0 saturated carbocycles. The molecule has 20 heavy (non-hydrogen) atoms. The quantitative estimate of drug-likeness (QED) is 0.617. The average Bonchev–Trinajstić information content (AvgIpc) is 2.43. The standard InChI is InChI=1S/C14H21N3O3/c1-4-14(5-2,9-15)13(18)16-11-7-6-8-12(10(11)3)17(19)20/h6-8H,4-5,9,15H2,1-3H3,(H,16,18). The van der Waals surface area contributed by atoms with Gasteiger partial charge in [-0.25, -0.2) is 0 Å². The Balaban J connectivity index is 3.08. The Hall–Kier alpha value is -1.95. The van der Waals surface area contributed by atoms with E-state index in [-0.39, 0.29) is 18.1 Å². The van der Waals surface area contributed by atoms with Crippen LogP contribution in [0.15, 0.2) is 18.2 Å². The third kappa shape index (κ3) is 2.96. The minimum Gasteiger partial charge on any atom is -0.329 e. The molecule has 0 fully saturated rings. The average molecular weight is 279 g/mol. The predicted octanol–water partition coefficient (Wildman–Crippen LogP) is 2.61. The van der Waals surface area contributed by atoms with E-state index in [1.54, 1.807) is 19.1 Å². The maximum atomic E-state index is 12.4. The molecular weight excluding hydrogens is 258 g/mol. The molecule has 1 rings (SSSR count). The van der Waals surface area contributed by atoms with E-state index in [1.165, 1.54) is 6.07 Å². The number of carbonyl (C=O) groups excluding carboxylic acids is 1. The summed E-state index contributed by atoms with van der Waals surface area (Å²) in [5, 5.41) is 13.7. The van der Waals surface area contributed by atoms with Gasteiger partial charge < -0.3 is 11.1 Å². The van der Waals surface area contributed by atoms with Crippen LogP contribution in [0.4, 0.5) is 11.4 Å². The highest BCUT2D eigenvalue weighted by Crippen LogP contribution is 2.30. The lowest BCUT2D eigenvalue weighted by atomic mass is 9.81. The molecule has 1 amide bonds. The number of hydrogen-bond acceptors (Lipinski definition) is 4. The molecule has 1 aromatic rings. The van der Waals surface area contributed by atoms with E-state index in [0.29, 0.717) is 24.1 Å². The Labute approximate surface area is 118 Å². The van der Waals surface area contributed by atoms with Gasteiger partial charge in [0.05, 0.1) is 21.6 Å². The molecule has 0 saturated heterocycles. The van der Waals surface area contributed by atoms with Crippen LogP contribution in [-0.4, -0.2) is 17.4 Å². The number of hydrogen-bond donors (Lipinski definition) is 2. The molecule has 0 aliphatic rings. The summed E-state index contributed by atoms with van der Waals surface area (Å²) in [5.74, 6) is -0.186. The molecule has 110 valence electrons. The second-order valence-electron chi connectivity index (χ2n) is 4.85. The second-order valence-corrected chi connectivity index (χ2v) is 4.85. The summed E-state index contributed by atoms with van der Waals surface area (Å²) in [7, 11) is 0. The molecule has 0 aromatic heterocycles. The van der Waals surface area contributed by atoms with Crippen molar-refractivity contribution in [3.8, 4) is 0 Å². The van der Waals surface area contributed by atoms with E-state index in [4.69, 9.17) is 5.73 Å². The smallest absolute Gasteiger partial charge is 0.274 e. The first-order valence-electron chi connectivity index (χ1n) is 6.67. The van der Waals surface area contributed by atoms with Gasteiger partial charge in [-0.3, -0.25) is 14.9 Å². The lowest BCUT2D eigenvalue weighted by Gasteiger charge is -2.28. The largest absolute Gasteiger partial charge is 0.329 e. The van der Waals surface area contributed by atoms with Crippen LogP contribution in [0.1, 0.15) is 32.3 Å². The zero-order valence-corrected chi connectivity index (χ0v) is 12.1. The maximum Gasteiger partial charge on any atom is 0.274 e. The molecule has 0 spiro atoms. The Morgan fingerprint density at radius 1 is 1.40 bits per heavy atom. The lowest BCUT2D eigenvalue weighted by molar-refractivity contribution is -0.385. The Kier molecular flexibility index (Phi) is 5.21. The van der Waals surface area contributed by atoms with Gasteiger partial charge in [-0.2, -0.15) is 0 Å². The summed E-state index contributed by atoms with van der Waals surface area (Å²) in [5.41, 5.74) is 6.01. The Morgan fingerprint density at radius 2 is 2.00 bits per heavy atom. The van der Waals surface area contributed by atoms with Crippen molar-refractivity contribution in [2.24, 2.45) is 11.1 Å². The molecule has 0 bridgehead atoms. The van der Waals surface area contributed by atoms with Crippen molar-refractivity contribution in [2.75, 3.05) is 11.9 Å². The highest BCUT2D eigenvalue weighted by Gasteiger charge is 2.33. The second kappa shape index (κ2) is 6.47. The van der Waals surface area contributed by atoms with Crippen LogP contribution in [0.2, 0.25) is 0 Å². The van der Waals surface area contributed by atoms with Crippen molar-refractivity contribution < 1.29 is 9.72 Å². The van der Waals surface area contributed by atoms with Gasteiger partial charge in [0.25, 0.3) is 5.69 Å². The number of amides is 1. The predicted molar refractivity (Wildman–Crippen MR) is 78.5 cm³/mol. The highest BCUT2D eigenvalue weighted by atomic mass is 16.6. The first-order valence-corrected chi connectivity index (χ1v) is 6.67. The minimum absolute atomic E-state index is 0.00542. The molecule has 1 aromatic carbocycles. The normalized spacial score (nSPS) is 11.2. The molecule has 0 aliphatic carbocycles. The van der Waals surface area contributed by atoms with Crippen LogP contribution in [0.25, 0.3) is 0 Å². The zero-order chi connectivity index (χ0) is 15.3. The van der Waals surface area contributed by atoms with Crippen molar-refractivity contribution in [3.63, 3.8) is 0 Å². The monoisotopic (exact) mass is 279 g/mol. The van der Waals surface area contributed by atoms with Gasteiger partial charge in [0.15, 0.2) is 0 Å². The van der Waals surface area contributed by atoms with Gasteiger partial charge in [0.1, 0.15) is 0 Å². The van der Waals surface area contributed by atoms with E-state index in [2.05, 4.69) is 5.32 Å². The highest BCUT2D eigenvalue weighted by molar-refractivity contribution is 5.96. The molecule has 0 heterocycles. The minimum atomic E-state index is -0.628. The molecule has 0 atom stereocenters. The number of carbonyl (C=O) groups is 1. The SMILES string of the molecule is CCC(CC)(CN)C(=O)Nc1cccc([N+](=O)[O-])c1C. The number of anilines is 1. The first-order chi connectivity index (χ1) is 9.41. The Morgan fingerprint density at radius 3 is 2.45 bits per heavy atom. The summed E-state index contributed by atoms with van der Waals surface area (Å²) >= 11 is 0. The van der Waals surface area contributed by atoms with Gasteiger partial charge in [0, 0.05) is 12.6 Å². The van der Waals surface area contributed by atoms with E-state index in [1.807, 2.05) is 13.8 Å². The molecule has 6 heteroatoms. The van der Waals surface area contributed by atoms with Crippen molar-refractivity contribution in [1.29, 1.82) is 0 Å². The van der Waals surface area contributed by atoms with E-state index in [9.17, 15) is 14.9 Å². The molecule has 0 unspecified atom stereocenters. The summed E-state index contributed by atoms with van der Waals surface area (Å²) in [6.07, 6.45) is 1.25. The van der Waals surface area contributed by atoms with Crippen molar-refractivity contribution >= 4 is 17.3 Å². The number of rotatable bonds is 6. The van der Waals surface area contributed by atoms with E-state index in [0.717, 1.165) is 0 Å². The maximum absolute atomic E-state index is 12.4. The fourth-order valence-corrected chi connectivity index (χ4v) is 2.16. The zero-order valence-electron chi connectivity index (χ0n) is 12.1. The molecule has 0 aliphatic heterocycles. The number of benzene rings is 1. The fourth-order valence-electron chi connectivity index (χ4n) is 2.16. The van der Waals surface area contributed by atoms with Crippen LogP contribution in [-0.2, 0) is 4.79 Å².